The lowest BCUT2D eigenvalue weighted by atomic mass is 9.96. The molecule has 1 aliphatic heterocycles. The van der Waals surface area contributed by atoms with Crippen LogP contribution in [-0.2, 0) is 14.3 Å². The number of carbonyl (C=O) groups is 2. The third-order valence-electron chi connectivity index (χ3n) is 3.36. The van der Waals surface area contributed by atoms with Crippen molar-refractivity contribution in [1.82, 2.24) is 10.6 Å². The van der Waals surface area contributed by atoms with E-state index in [1.54, 1.807) is 0 Å². The molecule has 5 nitrogen and oxygen atoms in total. The predicted octanol–water partition coefficient (Wildman–Crippen LogP) is 0.546. The molecule has 1 saturated heterocycles. The van der Waals surface area contributed by atoms with Crippen molar-refractivity contribution in [3.05, 3.63) is 0 Å². The minimum atomic E-state index is -0.532. The van der Waals surface area contributed by atoms with E-state index in [-0.39, 0.29) is 17.8 Å². The first kappa shape index (κ1) is 15.0. The van der Waals surface area contributed by atoms with Gasteiger partial charge < -0.3 is 15.4 Å². The quantitative estimate of drug-likeness (QED) is 0.705. The number of amides is 1. The van der Waals surface area contributed by atoms with E-state index in [0.29, 0.717) is 24.8 Å². The summed E-state index contributed by atoms with van der Waals surface area (Å²) in [6.45, 7) is 7.61. The Labute approximate surface area is 109 Å². The molecule has 1 aliphatic rings. The largest absolute Gasteiger partial charge is 0.467 e. The van der Waals surface area contributed by atoms with Gasteiger partial charge in [-0.3, -0.25) is 4.79 Å². The lowest BCUT2D eigenvalue weighted by Crippen LogP contribution is -2.46. The number of ether oxygens (including phenoxy) is 1. The number of rotatable bonds is 5. The van der Waals surface area contributed by atoms with E-state index < -0.39 is 6.04 Å². The third kappa shape index (κ3) is 3.98. The van der Waals surface area contributed by atoms with Gasteiger partial charge in [0, 0.05) is 6.54 Å². The lowest BCUT2D eigenvalue weighted by Gasteiger charge is -2.21. The summed E-state index contributed by atoms with van der Waals surface area (Å²) < 4.78 is 4.73. The minimum absolute atomic E-state index is 0.0516. The summed E-state index contributed by atoms with van der Waals surface area (Å²) >= 11 is 0. The van der Waals surface area contributed by atoms with Crippen LogP contribution in [0.4, 0.5) is 0 Å². The molecule has 0 aromatic rings. The van der Waals surface area contributed by atoms with E-state index in [4.69, 9.17) is 4.74 Å². The van der Waals surface area contributed by atoms with Crippen LogP contribution >= 0.6 is 0 Å². The fourth-order valence-corrected chi connectivity index (χ4v) is 2.27. The van der Waals surface area contributed by atoms with Gasteiger partial charge in [0.25, 0.3) is 0 Å². The predicted molar refractivity (Wildman–Crippen MR) is 68.9 cm³/mol. The zero-order valence-electron chi connectivity index (χ0n) is 11.7. The van der Waals surface area contributed by atoms with Crippen LogP contribution in [-0.4, -0.2) is 38.1 Å². The van der Waals surface area contributed by atoms with Gasteiger partial charge >= 0.3 is 5.97 Å². The second kappa shape index (κ2) is 6.73. The topological polar surface area (TPSA) is 67.4 Å². The van der Waals surface area contributed by atoms with Crippen LogP contribution in [0.15, 0.2) is 0 Å². The van der Waals surface area contributed by atoms with Crippen LogP contribution in [0.3, 0.4) is 0 Å². The molecule has 1 fully saturated rings. The molecule has 0 aliphatic carbocycles. The van der Waals surface area contributed by atoms with Crippen LogP contribution in [0, 0.1) is 17.8 Å². The Kier molecular flexibility index (Phi) is 5.59. The van der Waals surface area contributed by atoms with Gasteiger partial charge in [0.2, 0.25) is 5.91 Å². The fraction of sp³-hybridized carbons (Fsp3) is 0.846. The molecule has 1 rings (SSSR count). The maximum atomic E-state index is 12.1. The van der Waals surface area contributed by atoms with E-state index in [9.17, 15) is 9.59 Å². The summed E-state index contributed by atoms with van der Waals surface area (Å²) in [5.41, 5.74) is 0. The van der Waals surface area contributed by atoms with E-state index in [0.717, 1.165) is 6.54 Å². The van der Waals surface area contributed by atoms with Gasteiger partial charge in [-0.15, -0.1) is 0 Å². The Morgan fingerprint density at radius 3 is 2.50 bits per heavy atom. The zero-order chi connectivity index (χ0) is 13.7. The molecule has 0 aromatic heterocycles. The number of nitrogens with one attached hydrogen (secondary N) is 2. The van der Waals surface area contributed by atoms with Gasteiger partial charge in [0.05, 0.1) is 13.0 Å². The van der Waals surface area contributed by atoms with Gasteiger partial charge in [-0.25, -0.2) is 4.79 Å². The average molecular weight is 256 g/mol. The molecule has 0 spiro atoms. The molecule has 3 atom stereocenters. The highest BCUT2D eigenvalue weighted by molar-refractivity contribution is 5.86. The van der Waals surface area contributed by atoms with Crippen LogP contribution in [0.2, 0.25) is 0 Å². The van der Waals surface area contributed by atoms with Gasteiger partial charge in [0.1, 0.15) is 6.04 Å². The number of hydrogen-bond acceptors (Lipinski definition) is 4. The SMILES string of the molecule is COC(=O)C(CC(C)C)NC(=O)C1CNCC1C. The van der Waals surface area contributed by atoms with Gasteiger partial charge in [-0.2, -0.15) is 0 Å². The van der Waals surface area contributed by atoms with Crippen LogP contribution in [0.1, 0.15) is 27.2 Å². The summed E-state index contributed by atoms with van der Waals surface area (Å²) in [6.07, 6.45) is 0.604. The summed E-state index contributed by atoms with van der Waals surface area (Å²) in [4.78, 5) is 23.7. The van der Waals surface area contributed by atoms with Gasteiger partial charge in [0.15, 0.2) is 0 Å². The van der Waals surface area contributed by atoms with Crippen molar-refractivity contribution in [3.63, 3.8) is 0 Å². The summed E-state index contributed by atoms with van der Waals surface area (Å²) in [5, 5.41) is 6.00. The number of carbonyl (C=O) groups excluding carboxylic acids is 2. The molecule has 5 heteroatoms. The first-order valence-corrected chi connectivity index (χ1v) is 6.54. The first-order chi connectivity index (χ1) is 8.45. The van der Waals surface area contributed by atoms with Crippen molar-refractivity contribution in [2.45, 2.75) is 33.2 Å². The average Bonchev–Trinajstić information content (AvgIpc) is 2.73. The highest BCUT2D eigenvalue weighted by atomic mass is 16.5. The van der Waals surface area contributed by atoms with E-state index in [1.807, 2.05) is 20.8 Å². The molecular formula is C13H24N2O3. The summed E-state index contributed by atoms with van der Waals surface area (Å²) in [5.74, 6) is 0.166. The van der Waals surface area contributed by atoms with Crippen molar-refractivity contribution >= 4 is 11.9 Å². The van der Waals surface area contributed by atoms with Crippen LogP contribution in [0.5, 0.6) is 0 Å². The summed E-state index contributed by atoms with van der Waals surface area (Å²) in [6, 6.07) is -0.532. The molecule has 1 heterocycles. The van der Waals surface area contributed by atoms with E-state index >= 15 is 0 Å². The van der Waals surface area contributed by atoms with Crippen molar-refractivity contribution < 1.29 is 14.3 Å². The molecule has 3 unspecified atom stereocenters. The number of methoxy groups -OCH3 is 1. The normalized spacial score (nSPS) is 24.9. The minimum Gasteiger partial charge on any atom is -0.467 e. The zero-order valence-corrected chi connectivity index (χ0v) is 11.7. The Morgan fingerprint density at radius 1 is 1.39 bits per heavy atom. The van der Waals surface area contributed by atoms with Gasteiger partial charge in [-0.1, -0.05) is 20.8 Å². The lowest BCUT2D eigenvalue weighted by molar-refractivity contribution is -0.146. The molecule has 0 saturated carbocycles. The van der Waals surface area contributed by atoms with Crippen molar-refractivity contribution in [2.24, 2.45) is 17.8 Å². The maximum absolute atomic E-state index is 12.1. The molecule has 1 amide bonds. The third-order valence-corrected chi connectivity index (χ3v) is 3.36. The first-order valence-electron chi connectivity index (χ1n) is 6.54. The number of hydrogen-bond donors (Lipinski definition) is 2. The van der Waals surface area contributed by atoms with Crippen molar-refractivity contribution in [1.29, 1.82) is 0 Å². The molecular weight excluding hydrogens is 232 g/mol. The van der Waals surface area contributed by atoms with Crippen molar-refractivity contribution in [3.8, 4) is 0 Å². The molecule has 2 N–H and O–H groups in total. The van der Waals surface area contributed by atoms with Crippen LogP contribution in [0.25, 0.3) is 0 Å². The van der Waals surface area contributed by atoms with Crippen LogP contribution < -0.4 is 10.6 Å². The standard InChI is InChI=1S/C13H24N2O3/c1-8(2)5-11(13(17)18-4)15-12(16)10-7-14-6-9(10)3/h8-11,14H,5-7H2,1-4H3,(H,15,16). The maximum Gasteiger partial charge on any atom is 0.328 e. The van der Waals surface area contributed by atoms with Crippen molar-refractivity contribution in [2.75, 3.05) is 20.2 Å². The molecule has 104 valence electrons. The smallest absolute Gasteiger partial charge is 0.328 e. The fourth-order valence-electron chi connectivity index (χ4n) is 2.27. The molecule has 18 heavy (non-hydrogen) atoms. The Hall–Kier alpha value is -1.10. The Balaban J connectivity index is 2.59. The molecule has 0 bridgehead atoms. The van der Waals surface area contributed by atoms with E-state index in [1.165, 1.54) is 7.11 Å². The second-order valence-electron chi connectivity index (χ2n) is 5.46. The Morgan fingerprint density at radius 2 is 2.06 bits per heavy atom. The Bertz CT molecular complexity index is 305. The highest BCUT2D eigenvalue weighted by Gasteiger charge is 2.32. The molecule has 0 aromatic carbocycles. The second-order valence-corrected chi connectivity index (χ2v) is 5.46. The molecule has 0 radical (unpaired) electrons. The number of esters is 1. The van der Waals surface area contributed by atoms with Gasteiger partial charge in [-0.05, 0) is 24.8 Å². The van der Waals surface area contributed by atoms with E-state index in [2.05, 4.69) is 10.6 Å². The highest BCUT2D eigenvalue weighted by Crippen LogP contribution is 2.17. The summed E-state index contributed by atoms with van der Waals surface area (Å²) in [7, 11) is 1.35. The monoisotopic (exact) mass is 256 g/mol.